The predicted molar refractivity (Wildman–Crippen MR) is 49.0 cm³/mol. The highest BCUT2D eigenvalue weighted by Gasteiger charge is 1.97. The van der Waals surface area contributed by atoms with Gasteiger partial charge in [0.1, 0.15) is 11.6 Å². The van der Waals surface area contributed by atoms with Gasteiger partial charge in [-0.3, -0.25) is 0 Å². The number of halogens is 2. The van der Waals surface area contributed by atoms with Crippen molar-refractivity contribution in [3.8, 4) is 0 Å². The molecule has 1 rings (SSSR count). The Morgan fingerprint density at radius 3 is 2.23 bits per heavy atom. The standard InChI is InChI=1S/C10H11F2N/c1-7(13)2-3-8-4-9(11)6-10(12)5-8/h2-7H,13H2,1H3/b3-2+. The van der Waals surface area contributed by atoms with Crippen LogP contribution >= 0.6 is 0 Å². The molecule has 1 aromatic carbocycles. The maximum atomic E-state index is 12.6. The van der Waals surface area contributed by atoms with E-state index in [-0.39, 0.29) is 6.04 Å². The van der Waals surface area contributed by atoms with Gasteiger partial charge in [-0.05, 0) is 24.6 Å². The van der Waals surface area contributed by atoms with Gasteiger partial charge in [0.15, 0.2) is 0 Å². The van der Waals surface area contributed by atoms with Crippen LogP contribution in [-0.2, 0) is 0 Å². The quantitative estimate of drug-likeness (QED) is 0.748. The lowest BCUT2D eigenvalue weighted by molar-refractivity contribution is 0.583. The van der Waals surface area contributed by atoms with E-state index in [4.69, 9.17) is 5.73 Å². The summed E-state index contributed by atoms with van der Waals surface area (Å²) in [6, 6.07) is 3.22. The van der Waals surface area contributed by atoms with Gasteiger partial charge in [0, 0.05) is 12.1 Å². The first kappa shape index (κ1) is 9.86. The van der Waals surface area contributed by atoms with Crippen molar-refractivity contribution in [1.82, 2.24) is 0 Å². The zero-order chi connectivity index (χ0) is 9.84. The van der Waals surface area contributed by atoms with Crippen molar-refractivity contribution >= 4 is 6.08 Å². The van der Waals surface area contributed by atoms with Crippen LogP contribution in [0.3, 0.4) is 0 Å². The molecule has 0 fully saturated rings. The molecule has 0 aliphatic carbocycles. The molecule has 2 N–H and O–H groups in total. The molecule has 0 amide bonds. The molecule has 0 saturated heterocycles. The second-order valence-electron chi connectivity index (χ2n) is 2.92. The summed E-state index contributed by atoms with van der Waals surface area (Å²) in [7, 11) is 0. The van der Waals surface area contributed by atoms with Gasteiger partial charge >= 0.3 is 0 Å². The summed E-state index contributed by atoms with van der Waals surface area (Å²) in [4.78, 5) is 0. The third kappa shape index (κ3) is 3.34. The van der Waals surface area contributed by atoms with E-state index in [1.807, 2.05) is 0 Å². The molecule has 70 valence electrons. The van der Waals surface area contributed by atoms with Crippen LogP contribution in [-0.4, -0.2) is 6.04 Å². The van der Waals surface area contributed by atoms with Crippen molar-refractivity contribution in [2.45, 2.75) is 13.0 Å². The van der Waals surface area contributed by atoms with E-state index in [1.54, 1.807) is 19.1 Å². The monoisotopic (exact) mass is 183 g/mol. The summed E-state index contributed by atoms with van der Waals surface area (Å²) in [6.45, 7) is 1.78. The Labute approximate surface area is 75.9 Å². The van der Waals surface area contributed by atoms with Crippen LogP contribution in [0.25, 0.3) is 6.08 Å². The lowest BCUT2D eigenvalue weighted by atomic mass is 10.2. The summed E-state index contributed by atoms with van der Waals surface area (Å²) < 4.78 is 25.3. The van der Waals surface area contributed by atoms with Crippen molar-refractivity contribution in [1.29, 1.82) is 0 Å². The van der Waals surface area contributed by atoms with Gasteiger partial charge in [-0.2, -0.15) is 0 Å². The highest BCUT2D eigenvalue weighted by atomic mass is 19.1. The van der Waals surface area contributed by atoms with Crippen molar-refractivity contribution in [3.63, 3.8) is 0 Å². The fourth-order valence-electron chi connectivity index (χ4n) is 0.934. The maximum absolute atomic E-state index is 12.6. The van der Waals surface area contributed by atoms with E-state index >= 15 is 0 Å². The minimum atomic E-state index is -0.579. The molecule has 1 nitrogen and oxygen atoms in total. The van der Waals surface area contributed by atoms with Gasteiger partial charge in [-0.15, -0.1) is 0 Å². The minimum absolute atomic E-state index is 0.119. The molecule has 1 unspecified atom stereocenters. The number of rotatable bonds is 2. The first-order valence-corrected chi connectivity index (χ1v) is 3.98. The second kappa shape index (κ2) is 4.14. The molecule has 0 spiro atoms. The van der Waals surface area contributed by atoms with E-state index in [0.717, 1.165) is 6.07 Å². The fourth-order valence-corrected chi connectivity index (χ4v) is 0.934. The largest absolute Gasteiger partial charge is 0.325 e. The normalized spacial score (nSPS) is 13.5. The maximum Gasteiger partial charge on any atom is 0.126 e. The third-order valence-corrected chi connectivity index (χ3v) is 1.48. The minimum Gasteiger partial charge on any atom is -0.325 e. The Morgan fingerprint density at radius 1 is 1.23 bits per heavy atom. The van der Waals surface area contributed by atoms with Gasteiger partial charge in [0.05, 0.1) is 0 Å². The highest BCUT2D eigenvalue weighted by molar-refractivity contribution is 5.49. The number of hydrogen-bond acceptors (Lipinski definition) is 1. The first-order chi connectivity index (χ1) is 6.08. The molecule has 0 aliphatic heterocycles. The van der Waals surface area contributed by atoms with Gasteiger partial charge in [0.25, 0.3) is 0 Å². The van der Waals surface area contributed by atoms with Crippen molar-refractivity contribution in [2.75, 3.05) is 0 Å². The zero-order valence-corrected chi connectivity index (χ0v) is 7.30. The molecule has 0 aliphatic rings. The van der Waals surface area contributed by atoms with Crippen LogP contribution in [0.15, 0.2) is 24.3 Å². The van der Waals surface area contributed by atoms with Crippen molar-refractivity contribution in [2.24, 2.45) is 5.73 Å². The van der Waals surface area contributed by atoms with Crippen LogP contribution in [0.5, 0.6) is 0 Å². The highest BCUT2D eigenvalue weighted by Crippen LogP contribution is 2.09. The van der Waals surface area contributed by atoms with E-state index in [9.17, 15) is 8.78 Å². The molecule has 3 heteroatoms. The molecule has 0 bridgehead atoms. The molecule has 0 heterocycles. The van der Waals surface area contributed by atoms with E-state index in [0.29, 0.717) is 5.56 Å². The average Bonchev–Trinajstić information content (AvgIpc) is 1.99. The summed E-state index contributed by atoms with van der Waals surface area (Å²) in [5, 5.41) is 0. The summed E-state index contributed by atoms with van der Waals surface area (Å²) in [5.74, 6) is -1.16. The van der Waals surface area contributed by atoms with Gasteiger partial charge in [-0.25, -0.2) is 8.78 Å². The summed E-state index contributed by atoms with van der Waals surface area (Å²) >= 11 is 0. The molecule has 0 aromatic heterocycles. The lowest BCUT2D eigenvalue weighted by Gasteiger charge is -1.97. The van der Waals surface area contributed by atoms with Crippen molar-refractivity contribution in [3.05, 3.63) is 41.5 Å². The Morgan fingerprint density at radius 2 is 1.77 bits per heavy atom. The molecule has 1 aromatic rings. The molecule has 0 saturated carbocycles. The van der Waals surface area contributed by atoms with Gasteiger partial charge < -0.3 is 5.73 Å². The molecule has 13 heavy (non-hydrogen) atoms. The van der Waals surface area contributed by atoms with Crippen LogP contribution in [0.1, 0.15) is 12.5 Å². The smallest absolute Gasteiger partial charge is 0.126 e. The number of hydrogen-bond donors (Lipinski definition) is 1. The molecule has 0 radical (unpaired) electrons. The Bertz CT molecular complexity index is 298. The fraction of sp³-hybridized carbons (Fsp3) is 0.200. The third-order valence-electron chi connectivity index (χ3n) is 1.48. The number of nitrogens with two attached hydrogens (primary N) is 1. The molecular formula is C10H11F2N. The summed E-state index contributed by atoms with van der Waals surface area (Å²) in [6.07, 6.45) is 3.27. The van der Waals surface area contributed by atoms with E-state index < -0.39 is 11.6 Å². The first-order valence-electron chi connectivity index (χ1n) is 3.98. The van der Waals surface area contributed by atoms with Crippen LogP contribution in [0.4, 0.5) is 8.78 Å². The van der Waals surface area contributed by atoms with Gasteiger partial charge in [-0.1, -0.05) is 12.2 Å². The topological polar surface area (TPSA) is 26.0 Å². The SMILES string of the molecule is CC(N)/C=C/c1cc(F)cc(F)c1. The Hall–Kier alpha value is -1.22. The Balaban J connectivity index is 2.89. The second-order valence-corrected chi connectivity index (χ2v) is 2.92. The van der Waals surface area contributed by atoms with E-state index in [2.05, 4.69) is 0 Å². The van der Waals surface area contributed by atoms with Crippen LogP contribution < -0.4 is 5.73 Å². The molecule has 1 atom stereocenters. The number of benzene rings is 1. The van der Waals surface area contributed by atoms with Gasteiger partial charge in [0.2, 0.25) is 0 Å². The van der Waals surface area contributed by atoms with Crippen LogP contribution in [0, 0.1) is 11.6 Å². The van der Waals surface area contributed by atoms with E-state index in [1.165, 1.54) is 12.1 Å². The predicted octanol–water partition coefficient (Wildman–Crippen LogP) is 2.33. The average molecular weight is 183 g/mol. The van der Waals surface area contributed by atoms with Crippen molar-refractivity contribution < 1.29 is 8.78 Å². The summed E-state index contributed by atoms with van der Waals surface area (Å²) in [5.41, 5.74) is 5.92. The van der Waals surface area contributed by atoms with Crippen LogP contribution in [0.2, 0.25) is 0 Å². The Kier molecular flexibility index (Phi) is 3.14. The lowest BCUT2D eigenvalue weighted by Crippen LogP contribution is -2.09. The zero-order valence-electron chi connectivity index (χ0n) is 7.30. The molecular weight excluding hydrogens is 172 g/mol.